The number of hydrogen-bond donors (Lipinski definition) is 0. The van der Waals surface area contributed by atoms with Crippen molar-refractivity contribution in [2.75, 3.05) is 37.7 Å². The number of anilines is 1. The summed E-state index contributed by atoms with van der Waals surface area (Å²) in [5.74, 6) is -0.0879. The molecule has 1 aliphatic rings. The predicted octanol–water partition coefficient (Wildman–Crippen LogP) is 1.48. The van der Waals surface area contributed by atoms with Crippen molar-refractivity contribution < 1.29 is 14.5 Å². The summed E-state index contributed by atoms with van der Waals surface area (Å²) >= 11 is 1.53. The summed E-state index contributed by atoms with van der Waals surface area (Å²) in [4.78, 5) is 26.5. The molecular formula is C15H17N5O4S. The number of para-hydroxylation sites is 2. The Balaban J connectivity index is 1.52. The Morgan fingerprint density at radius 2 is 2.00 bits per heavy atom. The van der Waals surface area contributed by atoms with Crippen molar-refractivity contribution in [3.05, 3.63) is 39.4 Å². The minimum absolute atomic E-state index is 0.101. The zero-order chi connectivity index (χ0) is 17.8. The maximum Gasteiger partial charge on any atom is 0.310 e. The molecule has 9 nitrogen and oxygen atoms in total. The van der Waals surface area contributed by atoms with Crippen LogP contribution in [-0.2, 0) is 4.79 Å². The molecule has 0 radical (unpaired) electrons. The van der Waals surface area contributed by atoms with Gasteiger partial charge in [0.15, 0.2) is 12.4 Å². The number of carbonyl (C=O) groups excluding carboxylic acids is 1. The number of amides is 1. The molecule has 0 spiro atoms. The second-order valence-corrected chi connectivity index (χ2v) is 6.65. The van der Waals surface area contributed by atoms with Crippen LogP contribution in [0.3, 0.4) is 0 Å². The highest BCUT2D eigenvalue weighted by Crippen LogP contribution is 2.26. The summed E-state index contributed by atoms with van der Waals surface area (Å²) in [7, 11) is 0. The smallest absolute Gasteiger partial charge is 0.310 e. The molecule has 0 atom stereocenters. The second kappa shape index (κ2) is 7.43. The molecule has 1 fully saturated rings. The van der Waals surface area contributed by atoms with Gasteiger partial charge in [-0.05, 0) is 13.0 Å². The molecule has 10 heteroatoms. The lowest BCUT2D eigenvalue weighted by Gasteiger charge is -2.34. The van der Waals surface area contributed by atoms with Crippen molar-refractivity contribution in [3.8, 4) is 5.75 Å². The zero-order valence-corrected chi connectivity index (χ0v) is 14.4. The van der Waals surface area contributed by atoms with Gasteiger partial charge in [-0.25, -0.2) is 0 Å². The number of hydrogen-bond acceptors (Lipinski definition) is 8. The van der Waals surface area contributed by atoms with Crippen molar-refractivity contribution >= 4 is 28.1 Å². The minimum atomic E-state index is -0.525. The van der Waals surface area contributed by atoms with Gasteiger partial charge in [-0.3, -0.25) is 14.9 Å². The van der Waals surface area contributed by atoms with E-state index in [0.717, 1.165) is 10.1 Å². The first-order valence-corrected chi connectivity index (χ1v) is 8.55. The summed E-state index contributed by atoms with van der Waals surface area (Å²) in [6.45, 7) is 4.14. The van der Waals surface area contributed by atoms with E-state index >= 15 is 0 Å². The van der Waals surface area contributed by atoms with Gasteiger partial charge >= 0.3 is 5.69 Å². The van der Waals surface area contributed by atoms with Gasteiger partial charge in [-0.1, -0.05) is 23.5 Å². The largest absolute Gasteiger partial charge is 0.477 e. The van der Waals surface area contributed by atoms with Crippen molar-refractivity contribution in [3.63, 3.8) is 0 Å². The molecule has 0 saturated carbocycles. The Kier molecular flexibility index (Phi) is 5.08. The molecule has 1 aliphatic heterocycles. The fourth-order valence-electron chi connectivity index (χ4n) is 2.52. The molecule has 1 aromatic heterocycles. The van der Waals surface area contributed by atoms with Gasteiger partial charge < -0.3 is 14.5 Å². The van der Waals surface area contributed by atoms with Crippen molar-refractivity contribution in [2.45, 2.75) is 6.92 Å². The third kappa shape index (κ3) is 4.02. The Morgan fingerprint density at radius 3 is 2.64 bits per heavy atom. The van der Waals surface area contributed by atoms with Gasteiger partial charge in [0, 0.05) is 32.2 Å². The molecule has 1 amide bonds. The minimum Gasteiger partial charge on any atom is -0.477 e. The van der Waals surface area contributed by atoms with Gasteiger partial charge in [-0.15, -0.1) is 10.2 Å². The fraction of sp³-hybridized carbons (Fsp3) is 0.400. The first-order valence-electron chi connectivity index (χ1n) is 7.73. The SMILES string of the molecule is Cc1nnc(N2CCN(C(=O)COc3ccccc3[N+](=O)[O-])CC2)s1. The van der Waals surface area contributed by atoms with Crippen LogP contribution in [0, 0.1) is 17.0 Å². The van der Waals surface area contributed by atoms with Gasteiger partial charge in [0.05, 0.1) is 4.92 Å². The molecule has 25 heavy (non-hydrogen) atoms. The van der Waals surface area contributed by atoms with Crippen LogP contribution < -0.4 is 9.64 Å². The highest BCUT2D eigenvalue weighted by Gasteiger charge is 2.24. The van der Waals surface area contributed by atoms with E-state index in [-0.39, 0.29) is 24.0 Å². The molecule has 1 aromatic carbocycles. The Morgan fingerprint density at radius 1 is 1.28 bits per heavy atom. The van der Waals surface area contributed by atoms with Crippen LogP contribution in [0.1, 0.15) is 5.01 Å². The predicted molar refractivity (Wildman–Crippen MR) is 92.0 cm³/mol. The number of nitro groups is 1. The number of carbonyl (C=O) groups is 1. The summed E-state index contributed by atoms with van der Waals surface area (Å²) < 4.78 is 5.36. The number of piperazine rings is 1. The normalized spacial score (nSPS) is 14.4. The molecule has 132 valence electrons. The summed E-state index contributed by atoms with van der Waals surface area (Å²) in [6, 6.07) is 6.03. The van der Waals surface area contributed by atoms with Crippen LogP contribution in [0.5, 0.6) is 5.75 Å². The van der Waals surface area contributed by atoms with Crippen LogP contribution >= 0.6 is 11.3 Å². The average molecular weight is 363 g/mol. The molecule has 0 aliphatic carbocycles. The molecule has 0 unspecified atom stereocenters. The molecule has 1 saturated heterocycles. The van der Waals surface area contributed by atoms with E-state index in [2.05, 4.69) is 15.1 Å². The average Bonchev–Trinajstić information content (AvgIpc) is 3.06. The first kappa shape index (κ1) is 17.1. The number of nitro benzene ring substituents is 1. The molecule has 2 aromatic rings. The van der Waals surface area contributed by atoms with Crippen LogP contribution in [0.15, 0.2) is 24.3 Å². The highest BCUT2D eigenvalue weighted by atomic mass is 32.1. The van der Waals surface area contributed by atoms with E-state index < -0.39 is 4.92 Å². The van der Waals surface area contributed by atoms with E-state index in [1.807, 2.05) is 6.92 Å². The van der Waals surface area contributed by atoms with Gasteiger partial charge in [0.2, 0.25) is 5.13 Å². The lowest BCUT2D eigenvalue weighted by Crippen LogP contribution is -2.50. The van der Waals surface area contributed by atoms with E-state index in [1.54, 1.807) is 17.0 Å². The van der Waals surface area contributed by atoms with E-state index in [4.69, 9.17) is 4.74 Å². The monoisotopic (exact) mass is 363 g/mol. The number of aromatic nitrogens is 2. The molecule has 3 rings (SSSR count). The van der Waals surface area contributed by atoms with Crippen LogP contribution in [0.25, 0.3) is 0 Å². The van der Waals surface area contributed by atoms with Crippen molar-refractivity contribution in [1.29, 1.82) is 0 Å². The van der Waals surface area contributed by atoms with Crippen LogP contribution in [0.2, 0.25) is 0 Å². The van der Waals surface area contributed by atoms with Crippen molar-refractivity contribution in [1.82, 2.24) is 15.1 Å². The summed E-state index contributed by atoms with van der Waals surface area (Å²) in [5, 5.41) is 20.8. The van der Waals surface area contributed by atoms with E-state index in [9.17, 15) is 14.9 Å². The summed E-state index contributed by atoms with van der Waals surface area (Å²) in [6.07, 6.45) is 0. The Bertz CT molecular complexity index is 773. The fourth-order valence-corrected chi connectivity index (χ4v) is 3.26. The van der Waals surface area contributed by atoms with Crippen LogP contribution in [-0.4, -0.2) is 58.7 Å². The number of nitrogens with zero attached hydrogens (tertiary/aromatic N) is 5. The van der Waals surface area contributed by atoms with Gasteiger partial charge in [0.25, 0.3) is 5.91 Å². The van der Waals surface area contributed by atoms with Gasteiger partial charge in [0.1, 0.15) is 5.01 Å². The maximum atomic E-state index is 12.3. The summed E-state index contributed by atoms with van der Waals surface area (Å²) in [5.41, 5.74) is -0.147. The van der Waals surface area contributed by atoms with Crippen LogP contribution in [0.4, 0.5) is 10.8 Å². The number of rotatable bonds is 5. The highest BCUT2D eigenvalue weighted by molar-refractivity contribution is 7.15. The van der Waals surface area contributed by atoms with Gasteiger partial charge in [-0.2, -0.15) is 0 Å². The van der Waals surface area contributed by atoms with Crippen molar-refractivity contribution in [2.24, 2.45) is 0 Å². The second-order valence-electron chi connectivity index (χ2n) is 5.48. The Hall–Kier alpha value is -2.75. The zero-order valence-electron chi connectivity index (χ0n) is 13.6. The third-order valence-corrected chi connectivity index (χ3v) is 4.73. The lowest BCUT2D eigenvalue weighted by atomic mass is 10.3. The topological polar surface area (TPSA) is 102 Å². The Labute approximate surface area is 148 Å². The molecule has 2 heterocycles. The molecule has 0 N–H and O–H groups in total. The van der Waals surface area contributed by atoms with E-state index in [0.29, 0.717) is 26.2 Å². The number of ether oxygens (including phenoxy) is 1. The van der Waals surface area contributed by atoms with E-state index in [1.165, 1.54) is 23.5 Å². The molecular weight excluding hydrogens is 346 g/mol. The first-order chi connectivity index (χ1) is 12.0. The number of aryl methyl sites for hydroxylation is 1. The third-order valence-electron chi connectivity index (χ3n) is 3.83. The number of benzene rings is 1. The standard InChI is InChI=1S/C15H17N5O4S/c1-11-16-17-15(25-11)19-8-6-18(7-9-19)14(21)10-24-13-5-3-2-4-12(13)20(22)23/h2-5H,6-10H2,1H3. The lowest BCUT2D eigenvalue weighted by molar-refractivity contribution is -0.385. The quantitative estimate of drug-likeness (QED) is 0.586. The molecule has 0 bridgehead atoms. The maximum absolute atomic E-state index is 12.3.